The fourth-order valence-corrected chi connectivity index (χ4v) is 2.67. The van der Waals surface area contributed by atoms with E-state index in [1.807, 2.05) is 57.0 Å². The Labute approximate surface area is 140 Å². The summed E-state index contributed by atoms with van der Waals surface area (Å²) < 4.78 is 1.62. The Bertz CT molecular complexity index is 881. The number of aryl methyl sites for hydroxylation is 3. The topological polar surface area (TPSA) is 75.4 Å². The van der Waals surface area contributed by atoms with Crippen LogP contribution < -0.4 is 10.2 Å². The minimum Gasteiger partial charge on any atom is -0.350 e. The molecule has 0 spiro atoms. The molecule has 0 fully saturated rings. The van der Waals surface area contributed by atoms with Crippen LogP contribution in [0.3, 0.4) is 0 Å². The lowest BCUT2D eigenvalue weighted by Crippen LogP contribution is -2.32. The van der Waals surface area contributed by atoms with E-state index in [-0.39, 0.29) is 12.5 Å². The number of carbonyl (C=O) groups is 1. The van der Waals surface area contributed by atoms with E-state index in [9.17, 15) is 4.79 Å². The predicted molar refractivity (Wildman–Crippen MR) is 93.3 cm³/mol. The Hall–Kier alpha value is -2.96. The van der Waals surface area contributed by atoms with Crippen molar-refractivity contribution in [2.75, 3.05) is 23.8 Å². The van der Waals surface area contributed by atoms with E-state index in [4.69, 9.17) is 0 Å². The zero-order chi connectivity index (χ0) is 17.3. The number of nitrogens with one attached hydrogen (secondary N) is 1. The number of anilines is 2. The van der Waals surface area contributed by atoms with E-state index in [1.165, 1.54) is 6.33 Å². The van der Waals surface area contributed by atoms with Crippen LogP contribution in [-0.2, 0) is 4.79 Å². The van der Waals surface area contributed by atoms with Crippen molar-refractivity contribution in [2.45, 2.75) is 20.8 Å². The molecule has 3 rings (SSSR count). The monoisotopic (exact) mass is 324 g/mol. The van der Waals surface area contributed by atoms with Gasteiger partial charge in [0.2, 0.25) is 5.91 Å². The summed E-state index contributed by atoms with van der Waals surface area (Å²) in [6, 6.07) is 7.83. The van der Waals surface area contributed by atoms with Crippen LogP contribution in [0.1, 0.15) is 16.8 Å². The van der Waals surface area contributed by atoms with Gasteiger partial charge in [-0.2, -0.15) is 14.6 Å². The molecule has 7 heteroatoms. The van der Waals surface area contributed by atoms with E-state index in [1.54, 1.807) is 4.52 Å². The molecule has 3 aromatic rings. The van der Waals surface area contributed by atoms with Crippen molar-refractivity contribution in [1.82, 2.24) is 19.6 Å². The highest BCUT2D eigenvalue weighted by Gasteiger charge is 2.14. The van der Waals surface area contributed by atoms with Gasteiger partial charge in [-0.15, -0.1) is 0 Å². The van der Waals surface area contributed by atoms with Crippen molar-refractivity contribution in [1.29, 1.82) is 0 Å². The van der Waals surface area contributed by atoms with E-state index < -0.39 is 0 Å². The summed E-state index contributed by atoms with van der Waals surface area (Å²) in [5.74, 6) is 1.20. The van der Waals surface area contributed by atoms with Gasteiger partial charge in [-0.05, 0) is 31.9 Å². The molecule has 124 valence electrons. The lowest BCUT2D eigenvalue weighted by Gasteiger charge is -2.20. The standard InChI is InChI=1S/C17H20N6O/c1-11-6-5-7-12(2)16(11)21-14(24)9-22(4)15-8-13(3)20-17-18-10-19-23(15)17/h5-8,10H,9H2,1-4H3,(H,21,24). The number of likely N-dealkylation sites (N-methyl/N-ethyl adjacent to an activating group) is 1. The predicted octanol–water partition coefficient (Wildman–Crippen LogP) is 2.12. The highest BCUT2D eigenvalue weighted by molar-refractivity contribution is 5.95. The Morgan fingerprint density at radius 1 is 1.25 bits per heavy atom. The van der Waals surface area contributed by atoms with Crippen LogP contribution >= 0.6 is 0 Å². The molecular formula is C17H20N6O. The van der Waals surface area contributed by atoms with Crippen LogP contribution in [0.25, 0.3) is 5.78 Å². The Balaban J connectivity index is 1.80. The third-order valence-electron chi connectivity index (χ3n) is 3.88. The van der Waals surface area contributed by atoms with Gasteiger partial charge in [0.25, 0.3) is 5.78 Å². The molecule has 0 aliphatic carbocycles. The summed E-state index contributed by atoms with van der Waals surface area (Å²) in [5.41, 5.74) is 3.79. The maximum Gasteiger partial charge on any atom is 0.254 e. The van der Waals surface area contributed by atoms with Gasteiger partial charge in [0.05, 0.1) is 6.54 Å². The maximum atomic E-state index is 12.4. The second-order valence-corrected chi connectivity index (χ2v) is 5.90. The molecule has 0 aliphatic rings. The van der Waals surface area contributed by atoms with Gasteiger partial charge in [-0.25, -0.2) is 4.98 Å². The average Bonchev–Trinajstić information content (AvgIpc) is 2.98. The lowest BCUT2D eigenvalue weighted by atomic mass is 10.1. The van der Waals surface area contributed by atoms with Crippen molar-refractivity contribution in [3.05, 3.63) is 47.4 Å². The molecule has 7 nitrogen and oxygen atoms in total. The number of fused-ring (bicyclic) bond motifs is 1. The van der Waals surface area contributed by atoms with E-state index in [2.05, 4.69) is 20.4 Å². The molecule has 0 saturated heterocycles. The number of benzene rings is 1. The largest absolute Gasteiger partial charge is 0.350 e. The van der Waals surface area contributed by atoms with Crippen molar-refractivity contribution in [2.24, 2.45) is 0 Å². The number of aromatic nitrogens is 4. The van der Waals surface area contributed by atoms with Crippen LogP contribution in [-0.4, -0.2) is 39.1 Å². The van der Waals surface area contributed by atoms with Crippen LogP contribution in [0.5, 0.6) is 0 Å². The quantitative estimate of drug-likeness (QED) is 0.795. The summed E-state index contributed by atoms with van der Waals surface area (Å²) in [6.45, 7) is 6.06. The molecule has 0 bridgehead atoms. The first kappa shape index (κ1) is 15.9. The molecule has 1 amide bonds. The molecule has 2 aromatic heterocycles. The minimum absolute atomic E-state index is 0.0855. The van der Waals surface area contributed by atoms with E-state index in [0.29, 0.717) is 5.78 Å². The second kappa shape index (κ2) is 6.27. The normalized spacial score (nSPS) is 10.8. The molecule has 0 radical (unpaired) electrons. The third kappa shape index (κ3) is 3.05. The summed E-state index contributed by atoms with van der Waals surface area (Å²) in [7, 11) is 1.85. The summed E-state index contributed by atoms with van der Waals surface area (Å²) in [6.07, 6.45) is 1.45. The Morgan fingerprint density at radius 2 is 1.96 bits per heavy atom. The SMILES string of the molecule is Cc1cc(N(C)CC(=O)Nc2c(C)cccc2C)n2ncnc2n1. The minimum atomic E-state index is -0.0855. The summed E-state index contributed by atoms with van der Waals surface area (Å²) >= 11 is 0. The van der Waals surface area contributed by atoms with Crippen molar-refractivity contribution in [3.8, 4) is 0 Å². The first-order chi connectivity index (χ1) is 11.5. The molecule has 1 N–H and O–H groups in total. The molecule has 2 heterocycles. The average molecular weight is 324 g/mol. The van der Waals surface area contributed by atoms with Crippen LogP contribution in [0.15, 0.2) is 30.6 Å². The van der Waals surface area contributed by atoms with Gasteiger partial charge in [-0.1, -0.05) is 18.2 Å². The van der Waals surface area contributed by atoms with Crippen molar-refractivity contribution < 1.29 is 4.79 Å². The molecule has 0 aliphatic heterocycles. The van der Waals surface area contributed by atoms with Gasteiger partial charge in [0.1, 0.15) is 12.1 Å². The van der Waals surface area contributed by atoms with Crippen LogP contribution in [0, 0.1) is 20.8 Å². The van der Waals surface area contributed by atoms with Crippen molar-refractivity contribution in [3.63, 3.8) is 0 Å². The number of para-hydroxylation sites is 1. The summed E-state index contributed by atoms with van der Waals surface area (Å²) in [5, 5.41) is 7.16. The fourth-order valence-electron chi connectivity index (χ4n) is 2.67. The maximum absolute atomic E-state index is 12.4. The molecule has 0 saturated carbocycles. The van der Waals surface area contributed by atoms with Crippen LogP contribution in [0.2, 0.25) is 0 Å². The van der Waals surface area contributed by atoms with Gasteiger partial charge in [0, 0.05) is 24.5 Å². The number of hydrogen-bond donors (Lipinski definition) is 1. The fraction of sp³-hybridized carbons (Fsp3) is 0.294. The number of nitrogens with zero attached hydrogens (tertiary/aromatic N) is 5. The zero-order valence-electron chi connectivity index (χ0n) is 14.2. The van der Waals surface area contributed by atoms with Gasteiger partial charge >= 0.3 is 0 Å². The first-order valence-corrected chi connectivity index (χ1v) is 7.70. The van der Waals surface area contributed by atoms with E-state index in [0.717, 1.165) is 28.3 Å². The van der Waals surface area contributed by atoms with Crippen LogP contribution in [0.4, 0.5) is 11.5 Å². The zero-order valence-corrected chi connectivity index (χ0v) is 14.2. The van der Waals surface area contributed by atoms with Gasteiger partial charge in [0.15, 0.2) is 0 Å². The lowest BCUT2D eigenvalue weighted by molar-refractivity contribution is -0.114. The van der Waals surface area contributed by atoms with Crippen molar-refractivity contribution >= 4 is 23.2 Å². The first-order valence-electron chi connectivity index (χ1n) is 7.70. The van der Waals surface area contributed by atoms with Gasteiger partial charge in [-0.3, -0.25) is 4.79 Å². The van der Waals surface area contributed by atoms with Gasteiger partial charge < -0.3 is 10.2 Å². The highest BCUT2D eigenvalue weighted by Crippen LogP contribution is 2.20. The molecule has 1 aromatic carbocycles. The van der Waals surface area contributed by atoms with E-state index >= 15 is 0 Å². The second-order valence-electron chi connectivity index (χ2n) is 5.90. The number of rotatable bonds is 4. The Morgan fingerprint density at radius 3 is 2.67 bits per heavy atom. The molecular weight excluding hydrogens is 304 g/mol. The number of amides is 1. The smallest absolute Gasteiger partial charge is 0.254 e. The Kier molecular flexibility index (Phi) is 4.16. The number of carbonyl (C=O) groups excluding carboxylic acids is 1. The summed E-state index contributed by atoms with van der Waals surface area (Å²) in [4.78, 5) is 22.7. The highest BCUT2D eigenvalue weighted by atomic mass is 16.2. The molecule has 24 heavy (non-hydrogen) atoms. The number of hydrogen-bond acceptors (Lipinski definition) is 5. The molecule has 0 atom stereocenters. The molecule has 0 unspecified atom stereocenters. The third-order valence-corrected chi connectivity index (χ3v) is 3.88.